The Bertz CT molecular complexity index is 304. The minimum absolute atomic E-state index is 0.177. The molecule has 1 atom stereocenters. The summed E-state index contributed by atoms with van der Waals surface area (Å²) < 4.78 is 31.0. The van der Waals surface area contributed by atoms with E-state index in [1.807, 2.05) is 0 Å². The molecule has 0 aromatic heterocycles. The molecule has 0 saturated carbocycles. The first-order chi connectivity index (χ1) is 6.69. The highest BCUT2D eigenvalue weighted by atomic mass is 19.1. The molecule has 2 N–H and O–H groups in total. The van der Waals surface area contributed by atoms with Crippen LogP contribution in [-0.2, 0) is 4.74 Å². The third-order valence-electron chi connectivity index (χ3n) is 1.89. The van der Waals surface area contributed by atoms with Crippen LogP contribution < -0.4 is 5.73 Å². The Hall–Kier alpha value is -1.00. The van der Waals surface area contributed by atoms with Gasteiger partial charge in [-0.15, -0.1) is 0 Å². The summed E-state index contributed by atoms with van der Waals surface area (Å²) in [5, 5.41) is 0. The molecule has 0 spiro atoms. The second-order valence-corrected chi connectivity index (χ2v) is 2.85. The molecule has 0 amide bonds. The van der Waals surface area contributed by atoms with Gasteiger partial charge in [-0.2, -0.15) is 0 Å². The molecular weight excluding hydrogens is 188 g/mol. The lowest BCUT2D eigenvalue weighted by Gasteiger charge is -2.15. The maximum absolute atomic E-state index is 13.2. The van der Waals surface area contributed by atoms with Gasteiger partial charge in [-0.25, -0.2) is 8.78 Å². The number of rotatable bonds is 4. The maximum atomic E-state index is 13.2. The Morgan fingerprint density at radius 3 is 2.64 bits per heavy atom. The van der Waals surface area contributed by atoms with E-state index in [2.05, 4.69) is 0 Å². The van der Waals surface area contributed by atoms with Gasteiger partial charge in [-0.05, 0) is 13.0 Å². The van der Waals surface area contributed by atoms with E-state index < -0.39 is 17.7 Å². The van der Waals surface area contributed by atoms with E-state index in [1.54, 1.807) is 6.92 Å². The topological polar surface area (TPSA) is 35.2 Å². The Morgan fingerprint density at radius 2 is 2.14 bits per heavy atom. The lowest BCUT2D eigenvalue weighted by molar-refractivity contribution is 0.0662. The number of hydrogen-bond acceptors (Lipinski definition) is 2. The van der Waals surface area contributed by atoms with Crippen molar-refractivity contribution in [2.24, 2.45) is 5.73 Å². The molecule has 14 heavy (non-hydrogen) atoms. The predicted octanol–water partition coefficient (Wildman–Crippen LogP) is 2.00. The average Bonchev–Trinajstić information content (AvgIpc) is 2.15. The molecule has 1 aromatic rings. The van der Waals surface area contributed by atoms with Gasteiger partial charge in [0.25, 0.3) is 0 Å². The van der Waals surface area contributed by atoms with Gasteiger partial charge in [0.05, 0.1) is 6.10 Å². The fourth-order valence-corrected chi connectivity index (χ4v) is 1.25. The van der Waals surface area contributed by atoms with Crippen molar-refractivity contribution < 1.29 is 13.5 Å². The summed E-state index contributed by atoms with van der Waals surface area (Å²) in [7, 11) is 0. The van der Waals surface area contributed by atoms with Crippen molar-refractivity contribution in [3.8, 4) is 0 Å². The zero-order chi connectivity index (χ0) is 10.6. The molecule has 0 aliphatic rings. The first-order valence-corrected chi connectivity index (χ1v) is 4.45. The fourth-order valence-electron chi connectivity index (χ4n) is 1.25. The minimum Gasteiger partial charge on any atom is -0.372 e. The fraction of sp³-hybridized carbons (Fsp3) is 0.400. The molecule has 78 valence electrons. The van der Waals surface area contributed by atoms with Crippen molar-refractivity contribution in [1.82, 2.24) is 0 Å². The van der Waals surface area contributed by atoms with Gasteiger partial charge in [0.1, 0.15) is 11.6 Å². The summed E-state index contributed by atoms with van der Waals surface area (Å²) in [6.45, 7) is 2.42. The third-order valence-corrected chi connectivity index (χ3v) is 1.89. The van der Waals surface area contributed by atoms with E-state index in [0.717, 1.165) is 6.07 Å². The number of ether oxygens (including phenoxy) is 1. The summed E-state index contributed by atoms with van der Waals surface area (Å²) in [5.74, 6) is -1.22. The van der Waals surface area contributed by atoms with E-state index in [-0.39, 0.29) is 6.54 Å². The van der Waals surface area contributed by atoms with Gasteiger partial charge in [0, 0.05) is 24.8 Å². The van der Waals surface area contributed by atoms with Crippen molar-refractivity contribution >= 4 is 0 Å². The molecule has 0 fully saturated rings. The summed E-state index contributed by atoms with van der Waals surface area (Å²) >= 11 is 0. The van der Waals surface area contributed by atoms with E-state index >= 15 is 0 Å². The van der Waals surface area contributed by atoms with Crippen LogP contribution in [0.1, 0.15) is 18.6 Å². The second kappa shape index (κ2) is 5.02. The molecule has 2 nitrogen and oxygen atoms in total. The lowest BCUT2D eigenvalue weighted by atomic mass is 10.1. The van der Waals surface area contributed by atoms with Gasteiger partial charge in [0.2, 0.25) is 0 Å². The van der Waals surface area contributed by atoms with Crippen LogP contribution in [0.15, 0.2) is 18.2 Å². The van der Waals surface area contributed by atoms with Gasteiger partial charge in [-0.1, -0.05) is 6.07 Å². The van der Waals surface area contributed by atoms with Crippen molar-refractivity contribution in [2.75, 3.05) is 13.2 Å². The van der Waals surface area contributed by atoms with Crippen LogP contribution in [-0.4, -0.2) is 13.2 Å². The van der Waals surface area contributed by atoms with Gasteiger partial charge < -0.3 is 10.5 Å². The molecule has 0 aliphatic heterocycles. The Morgan fingerprint density at radius 1 is 1.43 bits per heavy atom. The second-order valence-electron chi connectivity index (χ2n) is 2.85. The molecular formula is C10H13F2NO. The zero-order valence-electron chi connectivity index (χ0n) is 7.97. The van der Waals surface area contributed by atoms with Crippen LogP contribution >= 0.6 is 0 Å². The van der Waals surface area contributed by atoms with Crippen LogP contribution in [0.5, 0.6) is 0 Å². The van der Waals surface area contributed by atoms with Gasteiger partial charge in [0.15, 0.2) is 0 Å². The van der Waals surface area contributed by atoms with Crippen molar-refractivity contribution in [3.63, 3.8) is 0 Å². The lowest BCUT2D eigenvalue weighted by Crippen LogP contribution is -2.17. The van der Waals surface area contributed by atoms with E-state index in [1.165, 1.54) is 12.1 Å². The summed E-state index contributed by atoms with van der Waals surface area (Å²) in [4.78, 5) is 0. The van der Waals surface area contributed by atoms with Crippen LogP contribution in [0.2, 0.25) is 0 Å². The van der Waals surface area contributed by atoms with Crippen molar-refractivity contribution in [1.29, 1.82) is 0 Å². The maximum Gasteiger partial charge on any atom is 0.131 e. The predicted molar refractivity (Wildman–Crippen MR) is 49.8 cm³/mol. The molecule has 0 aliphatic carbocycles. The highest BCUT2D eigenvalue weighted by Crippen LogP contribution is 2.20. The van der Waals surface area contributed by atoms with E-state index in [9.17, 15) is 8.78 Å². The summed E-state index contributed by atoms with van der Waals surface area (Å²) in [5.41, 5.74) is 5.71. The van der Waals surface area contributed by atoms with Gasteiger partial charge >= 0.3 is 0 Å². The molecule has 1 aromatic carbocycles. The average molecular weight is 201 g/mol. The Kier molecular flexibility index (Phi) is 3.98. The molecule has 0 saturated heterocycles. The normalized spacial score (nSPS) is 12.9. The molecule has 0 heterocycles. The highest BCUT2D eigenvalue weighted by molar-refractivity contribution is 5.21. The number of benzene rings is 1. The van der Waals surface area contributed by atoms with Crippen LogP contribution in [0.25, 0.3) is 0 Å². The molecule has 1 unspecified atom stereocenters. The molecule has 0 bridgehead atoms. The number of nitrogens with two attached hydrogens (primary N) is 1. The zero-order valence-corrected chi connectivity index (χ0v) is 7.97. The molecule has 0 radical (unpaired) electrons. The number of halogens is 2. The minimum atomic E-state index is -0.617. The summed E-state index contributed by atoms with van der Waals surface area (Å²) in [6.07, 6.45) is -0.499. The van der Waals surface area contributed by atoms with E-state index in [0.29, 0.717) is 12.2 Å². The Balaban J connectivity index is 2.92. The van der Waals surface area contributed by atoms with Crippen LogP contribution in [0.4, 0.5) is 8.78 Å². The highest BCUT2D eigenvalue weighted by Gasteiger charge is 2.14. The van der Waals surface area contributed by atoms with Crippen molar-refractivity contribution in [2.45, 2.75) is 13.0 Å². The smallest absolute Gasteiger partial charge is 0.131 e. The monoisotopic (exact) mass is 201 g/mol. The van der Waals surface area contributed by atoms with Crippen LogP contribution in [0, 0.1) is 11.6 Å². The SMILES string of the molecule is CCOC(CN)c1ccc(F)cc1F. The first kappa shape index (κ1) is 11.1. The summed E-state index contributed by atoms with van der Waals surface area (Å²) in [6, 6.07) is 3.38. The van der Waals surface area contributed by atoms with Gasteiger partial charge in [-0.3, -0.25) is 0 Å². The third kappa shape index (κ3) is 2.49. The van der Waals surface area contributed by atoms with Crippen molar-refractivity contribution in [3.05, 3.63) is 35.4 Å². The largest absolute Gasteiger partial charge is 0.372 e. The molecule has 4 heteroatoms. The number of hydrogen-bond donors (Lipinski definition) is 1. The first-order valence-electron chi connectivity index (χ1n) is 4.45. The van der Waals surface area contributed by atoms with Crippen LogP contribution in [0.3, 0.4) is 0 Å². The standard InChI is InChI=1S/C10H13F2NO/c1-2-14-10(6-13)8-4-3-7(11)5-9(8)12/h3-5,10H,2,6,13H2,1H3. The molecule has 1 rings (SSSR count). The van der Waals surface area contributed by atoms with E-state index in [4.69, 9.17) is 10.5 Å². The Labute approximate surface area is 81.7 Å². The quantitative estimate of drug-likeness (QED) is 0.808.